The number of likely N-dealkylation sites (tertiary alicyclic amines) is 1. The predicted molar refractivity (Wildman–Crippen MR) is 197 cm³/mol. The summed E-state index contributed by atoms with van der Waals surface area (Å²) < 4.78 is 25.7. The standard InChI is InChI=1S/C33H52FN7O4.C4H4O4/c1-8-41(24(4)5)32(43)27-16-25(34)11-12-29(27)45-31-30(35-22-36-37-31)39-15-13-33(19-39)20-40(21-33)28(23(2)3)10-9-14-38(6)26(17-42)18-44-7;5-3(6)1-2-4(7)8/h11-12,16,22-24,26,28,42H,8-10,13-15,17-21H2,1-7H3;1-2H,(H,5,6)(H,7,8)/b;2-1+. The third-order valence-corrected chi connectivity index (χ3v) is 9.80. The van der Waals surface area contributed by atoms with Crippen LogP contribution in [0.4, 0.5) is 10.2 Å². The van der Waals surface area contributed by atoms with Crippen molar-refractivity contribution in [3.05, 3.63) is 48.1 Å². The maximum atomic E-state index is 14.3. The average Bonchev–Trinajstić information content (AvgIpc) is 3.54. The van der Waals surface area contributed by atoms with Gasteiger partial charge in [-0.1, -0.05) is 13.8 Å². The summed E-state index contributed by atoms with van der Waals surface area (Å²) in [6.07, 6.45) is 5.73. The molecule has 2 atom stereocenters. The molecule has 53 heavy (non-hydrogen) atoms. The van der Waals surface area contributed by atoms with Crippen LogP contribution >= 0.6 is 0 Å². The number of halogens is 1. The Bertz CT molecular complexity index is 1520. The number of aliphatic hydroxyl groups is 1. The summed E-state index contributed by atoms with van der Waals surface area (Å²) in [6, 6.07) is 4.43. The van der Waals surface area contributed by atoms with Crippen molar-refractivity contribution in [1.82, 2.24) is 29.9 Å². The molecule has 0 aliphatic carbocycles. The number of carboxylic acid groups (broad SMARTS) is 2. The number of aliphatic hydroxyl groups excluding tert-OH is 1. The molecular formula is C37H56FN7O8. The molecule has 2 aliphatic heterocycles. The molecule has 3 N–H and O–H groups in total. The lowest BCUT2D eigenvalue weighted by atomic mass is 9.76. The van der Waals surface area contributed by atoms with Crippen molar-refractivity contribution in [2.24, 2.45) is 11.3 Å². The molecule has 0 bridgehead atoms. The molecule has 2 aromatic rings. The Hall–Kier alpha value is -4.25. The maximum Gasteiger partial charge on any atom is 0.328 e. The number of carbonyl (C=O) groups is 3. The van der Waals surface area contributed by atoms with Gasteiger partial charge in [-0.2, -0.15) is 0 Å². The fourth-order valence-corrected chi connectivity index (χ4v) is 7.05. The smallest absolute Gasteiger partial charge is 0.328 e. The number of aliphatic carboxylic acids is 2. The number of rotatable bonds is 18. The van der Waals surface area contributed by atoms with Gasteiger partial charge in [0, 0.05) is 69.5 Å². The van der Waals surface area contributed by atoms with Crippen molar-refractivity contribution in [2.45, 2.75) is 72.0 Å². The molecule has 3 heterocycles. The quantitative estimate of drug-likeness (QED) is 0.188. The van der Waals surface area contributed by atoms with Crippen LogP contribution in [0, 0.1) is 17.2 Å². The van der Waals surface area contributed by atoms with E-state index in [1.54, 1.807) is 12.0 Å². The van der Waals surface area contributed by atoms with Gasteiger partial charge in [0.2, 0.25) is 0 Å². The number of nitrogens with zero attached hydrogens (tertiary/aromatic N) is 7. The van der Waals surface area contributed by atoms with Crippen LogP contribution in [0.1, 0.15) is 64.2 Å². The summed E-state index contributed by atoms with van der Waals surface area (Å²) in [5.41, 5.74) is 0.314. The predicted octanol–water partition coefficient (Wildman–Crippen LogP) is 3.64. The highest BCUT2D eigenvalue weighted by Gasteiger charge is 2.50. The van der Waals surface area contributed by atoms with Crippen LogP contribution in [0.15, 0.2) is 36.7 Å². The van der Waals surface area contributed by atoms with Gasteiger partial charge in [-0.05, 0) is 77.7 Å². The van der Waals surface area contributed by atoms with Gasteiger partial charge in [-0.3, -0.25) is 14.6 Å². The second kappa shape index (κ2) is 20.3. The minimum Gasteiger partial charge on any atom is -0.478 e. The SMILES string of the molecule is CCN(C(=O)c1cc(F)ccc1Oc1nncnc1N1CCC2(C1)CN(C(CCCN(C)C(CO)COC)C(C)C)C2)C(C)C.O=C(O)/C=C/C(=O)O. The van der Waals surface area contributed by atoms with Crippen molar-refractivity contribution in [3.8, 4) is 11.6 Å². The summed E-state index contributed by atoms with van der Waals surface area (Å²) in [5.74, 6) is -1.77. The number of hydrogen-bond donors (Lipinski definition) is 3. The Labute approximate surface area is 311 Å². The summed E-state index contributed by atoms with van der Waals surface area (Å²) in [6.45, 7) is 16.1. The Morgan fingerprint density at radius 3 is 2.34 bits per heavy atom. The van der Waals surface area contributed by atoms with Gasteiger partial charge in [-0.25, -0.2) is 19.0 Å². The normalized spacial score (nSPS) is 16.5. The summed E-state index contributed by atoms with van der Waals surface area (Å²) >= 11 is 0. The molecule has 1 spiro atoms. The van der Waals surface area contributed by atoms with Crippen molar-refractivity contribution in [1.29, 1.82) is 0 Å². The van der Waals surface area contributed by atoms with Crippen LogP contribution in [0.25, 0.3) is 0 Å². The first kappa shape index (κ1) is 43.2. The van der Waals surface area contributed by atoms with Crippen molar-refractivity contribution >= 4 is 23.7 Å². The number of carbonyl (C=O) groups excluding carboxylic acids is 1. The summed E-state index contributed by atoms with van der Waals surface area (Å²) in [4.78, 5) is 45.7. The third kappa shape index (κ3) is 12.1. The lowest BCUT2D eigenvalue weighted by molar-refractivity contribution is -0.134. The third-order valence-electron chi connectivity index (χ3n) is 9.80. The van der Waals surface area contributed by atoms with E-state index in [-0.39, 0.29) is 47.2 Å². The second-order valence-corrected chi connectivity index (χ2v) is 14.3. The largest absolute Gasteiger partial charge is 0.478 e. The fraction of sp³-hybridized carbons (Fsp3) is 0.622. The number of hydrogen-bond acceptors (Lipinski definition) is 12. The zero-order valence-corrected chi connectivity index (χ0v) is 31.9. The first-order valence-corrected chi connectivity index (χ1v) is 18.0. The van der Waals surface area contributed by atoms with Crippen LogP contribution in [0.5, 0.6) is 11.6 Å². The highest BCUT2D eigenvalue weighted by molar-refractivity contribution is 5.97. The van der Waals surface area contributed by atoms with E-state index in [0.717, 1.165) is 52.0 Å². The highest BCUT2D eigenvalue weighted by atomic mass is 19.1. The topological polar surface area (TPSA) is 182 Å². The second-order valence-electron chi connectivity index (χ2n) is 14.3. The number of benzene rings is 1. The minimum absolute atomic E-state index is 0.0237. The first-order valence-electron chi connectivity index (χ1n) is 18.0. The monoisotopic (exact) mass is 745 g/mol. The number of methoxy groups -OCH3 is 1. The molecule has 2 saturated heterocycles. The summed E-state index contributed by atoms with van der Waals surface area (Å²) in [5, 5.41) is 33.5. The Balaban J connectivity index is 0.000000846. The van der Waals surface area contributed by atoms with Gasteiger partial charge in [0.15, 0.2) is 5.82 Å². The summed E-state index contributed by atoms with van der Waals surface area (Å²) in [7, 11) is 3.72. The molecule has 16 heteroatoms. The number of amides is 1. The molecule has 0 radical (unpaired) electrons. The highest BCUT2D eigenvalue weighted by Crippen LogP contribution is 2.44. The Kier molecular flexibility index (Phi) is 16.5. The van der Waals surface area contributed by atoms with Gasteiger partial charge in [0.1, 0.15) is 17.9 Å². The van der Waals surface area contributed by atoms with Crippen LogP contribution < -0.4 is 9.64 Å². The number of ether oxygens (including phenoxy) is 2. The molecular weight excluding hydrogens is 689 g/mol. The van der Waals surface area contributed by atoms with E-state index in [2.05, 4.69) is 50.8 Å². The fourth-order valence-electron chi connectivity index (χ4n) is 7.05. The molecule has 1 aromatic carbocycles. The first-order chi connectivity index (χ1) is 25.1. The molecule has 1 aromatic heterocycles. The van der Waals surface area contributed by atoms with Crippen LogP contribution in [-0.4, -0.2) is 148 Å². The van der Waals surface area contributed by atoms with Gasteiger partial charge >= 0.3 is 11.9 Å². The van der Waals surface area contributed by atoms with E-state index < -0.39 is 17.8 Å². The van der Waals surface area contributed by atoms with E-state index in [9.17, 15) is 23.9 Å². The molecule has 4 rings (SSSR count). The molecule has 15 nitrogen and oxygen atoms in total. The zero-order valence-electron chi connectivity index (χ0n) is 31.9. The number of carboxylic acids is 2. The molecule has 2 unspecified atom stereocenters. The van der Waals surface area contributed by atoms with Gasteiger partial charge in [0.05, 0.1) is 24.8 Å². The Morgan fingerprint density at radius 1 is 1.09 bits per heavy atom. The van der Waals surface area contributed by atoms with Crippen molar-refractivity contribution in [2.75, 3.05) is 71.5 Å². The van der Waals surface area contributed by atoms with Crippen LogP contribution in [0.3, 0.4) is 0 Å². The lowest BCUT2D eigenvalue weighted by Crippen LogP contribution is -2.62. The van der Waals surface area contributed by atoms with E-state index in [0.29, 0.717) is 43.1 Å². The van der Waals surface area contributed by atoms with Crippen molar-refractivity contribution in [3.63, 3.8) is 0 Å². The van der Waals surface area contributed by atoms with Gasteiger partial charge < -0.3 is 34.6 Å². The average molecular weight is 746 g/mol. The zero-order chi connectivity index (χ0) is 39.3. The van der Waals surface area contributed by atoms with Crippen LogP contribution in [-0.2, 0) is 14.3 Å². The van der Waals surface area contributed by atoms with Crippen LogP contribution in [0.2, 0.25) is 0 Å². The number of aromatic nitrogens is 3. The number of likely N-dealkylation sites (N-methyl/N-ethyl adjacent to an activating group) is 1. The maximum absolute atomic E-state index is 14.3. The number of anilines is 1. The molecule has 0 saturated carbocycles. The van der Waals surface area contributed by atoms with E-state index in [1.165, 1.54) is 24.5 Å². The lowest BCUT2D eigenvalue weighted by Gasteiger charge is -2.53. The van der Waals surface area contributed by atoms with Gasteiger partial charge in [-0.15, -0.1) is 10.2 Å². The van der Waals surface area contributed by atoms with Crippen molar-refractivity contribution < 1.29 is 43.6 Å². The molecule has 1 amide bonds. The van der Waals surface area contributed by atoms with E-state index in [4.69, 9.17) is 19.7 Å². The van der Waals surface area contributed by atoms with E-state index in [1.807, 2.05) is 20.8 Å². The molecule has 2 aliphatic rings. The van der Waals surface area contributed by atoms with E-state index >= 15 is 0 Å². The molecule has 2 fully saturated rings. The Morgan fingerprint density at radius 2 is 1.77 bits per heavy atom. The minimum atomic E-state index is -1.26. The van der Waals surface area contributed by atoms with Gasteiger partial charge in [0.25, 0.3) is 11.8 Å². The molecule has 294 valence electrons.